The number of hydrogen-bond acceptors (Lipinski definition) is 2. The van der Waals surface area contributed by atoms with Crippen LogP contribution in [0.1, 0.15) is 11.3 Å². The summed E-state index contributed by atoms with van der Waals surface area (Å²) >= 11 is 3.26. The van der Waals surface area contributed by atoms with Gasteiger partial charge in [0.2, 0.25) is 5.91 Å². The van der Waals surface area contributed by atoms with Crippen molar-refractivity contribution < 1.29 is 22.4 Å². The fraction of sp³-hybridized carbons (Fsp3) is 0.267. The third kappa shape index (κ3) is 5.22. The quantitative estimate of drug-likeness (QED) is 0.785. The molecule has 7 heteroatoms. The Morgan fingerprint density at radius 1 is 1.18 bits per heavy atom. The second kappa shape index (κ2) is 7.00. The number of alkyl halides is 3. The van der Waals surface area contributed by atoms with E-state index in [-0.39, 0.29) is 13.0 Å². The predicted molar refractivity (Wildman–Crippen MR) is 78.0 cm³/mol. The van der Waals surface area contributed by atoms with E-state index in [0.717, 1.165) is 9.37 Å². The van der Waals surface area contributed by atoms with Crippen LogP contribution >= 0.6 is 15.9 Å². The molecule has 1 heterocycles. The van der Waals surface area contributed by atoms with Crippen molar-refractivity contribution in [2.45, 2.75) is 19.1 Å². The lowest BCUT2D eigenvalue weighted by Crippen LogP contribution is -2.39. The Balaban J connectivity index is 2.09. The van der Waals surface area contributed by atoms with E-state index in [9.17, 15) is 18.0 Å². The first-order valence-corrected chi connectivity index (χ1v) is 7.24. The lowest BCUT2D eigenvalue weighted by atomic mass is 10.1. The van der Waals surface area contributed by atoms with Crippen molar-refractivity contribution in [3.05, 3.63) is 58.5 Å². The minimum atomic E-state index is -4.46. The number of nitrogens with zero attached hydrogens (tertiary/aromatic N) is 1. The van der Waals surface area contributed by atoms with Gasteiger partial charge in [-0.25, -0.2) is 0 Å². The molecule has 2 rings (SSSR count). The van der Waals surface area contributed by atoms with Crippen LogP contribution in [-0.4, -0.2) is 23.5 Å². The Morgan fingerprint density at radius 3 is 2.41 bits per heavy atom. The lowest BCUT2D eigenvalue weighted by molar-refractivity contribution is -0.162. The number of hydrogen-bond donors (Lipinski definition) is 0. The summed E-state index contributed by atoms with van der Waals surface area (Å²) in [6, 6.07) is 9.98. The first-order valence-electron chi connectivity index (χ1n) is 6.45. The van der Waals surface area contributed by atoms with Crippen molar-refractivity contribution >= 4 is 21.8 Å². The molecule has 0 fully saturated rings. The molecule has 1 aromatic heterocycles. The highest BCUT2D eigenvalue weighted by Crippen LogP contribution is 2.20. The highest BCUT2D eigenvalue weighted by molar-refractivity contribution is 9.10. The molecule has 0 spiro atoms. The maximum Gasteiger partial charge on any atom is 0.406 e. The Bertz CT molecular complexity index is 609. The van der Waals surface area contributed by atoms with Crippen LogP contribution in [0.15, 0.2) is 51.6 Å². The van der Waals surface area contributed by atoms with Gasteiger partial charge in [0.15, 0.2) is 0 Å². The van der Waals surface area contributed by atoms with Crippen LogP contribution in [0, 0.1) is 0 Å². The van der Waals surface area contributed by atoms with Crippen molar-refractivity contribution in [3.63, 3.8) is 0 Å². The maximum atomic E-state index is 12.7. The summed E-state index contributed by atoms with van der Waals surface area (Å²) in [5.74, 6) is -0.288. The van der Waals surface area contributed by atoms with Crippen molar-refractivity contribution in [2.24, 2.45) is 0 Å². The fourth-order valence-electron chi connectivity index (χ4n) is 1.93. The number of furan rings is 1. The Morgan fingerprint density at radius 2 is 1.86 bits per heavy atom. The van der Waals surface area contributed by atoms with E-state index in [1.807, 2.05) is 0 Å². The molecule has 3 nitrogen and oxygen atoms in total. The highest BCUT2D eigenvalue weighted by Gasteiger charge is 2.33. The normalized spacial score (nSPS) is 11.5. The number of rotatable bonds is 5. The molecule has 118 valence electrons. The molecule has 0 atom stereocenters. The third-order valence-electron chi connectivity index (χ3n) is 2.92. The molecule has 2 aromatic rings. The van der Waals surface area contributed by atoms with Gasteiger partial charge in [0.1, 0.15) is 12.3 Å². The minimum Gasteiger partial charge on any atom is -0.467 e. The Labute approximate surface area is 133 Å². The SMILES string of the molecule is O=C(Cc1ccc(Br)cc1)N(Cc1ccco1)CC(F)(F)F. The van der Waals surface area contributed by atoms with Crippen molar-refractivity contribution in [2.75, 3.05) is 6.54 Å². The maximum absolute atomic E-state index is 12.7. The first kappa shape index (κ1) is 16.6. The number of benzene rings is 1. The van der Waals surface area contributed by atoms with E-state index in [0.29, 0.717) is 11.3 Å². The van der Waals surface area contributed by atoms with Gasteiger partial charge >= 0.3 is 6.18 Å². The van der Waals surface area contributed by atoms with Crippen LogP contribution in [0.4, 0.5) is 13.2 Å². The van der Waals surface area contributed by atoms with E-state index < -0.39 is 18.6 Å². The molecule has 0 bridgehead atoms. The molecule has 1 aromatic carbocycles. The van der Waals surface area contributed by atoms with E-state index in [4.69, 9.17) is 4.42 Å². The standard InChI is InChI=1S/C15H13BrF3NO2/c16-12-5-3-11(4-6-12)8-14(21)20(10-15(17,18)19)9-13-2-1-7-22-13/h1-7H,8-10H2. The number of carbonyl (C=O) groups is 1. The van der Waals surface area contributed by atoms with Gasteiger partial charge in [0.05, 0.1) is 19.2 Å². The van der Waals surface area contributed by atoms with Crippen LogP contribution in [0.3, 0.4) is 0 Å². The predicted octanol–water partition coefficient (Wildman–Crippen LogP) is 4.18. The van der Waals surface area contributed by atoms with E-state index in [2.05, 4.69) is 15.9 Å². The molecule has 1 amide bonds. The second-order valence-corrected chi connectivity index (χ2v) is 5.66. The molecule has 0 aliphatic rings. The summed E-state index contributed by atoms with van der Waals surface area (Å²) in [5, 5.41) is 0. The Hall–Kier alpha value is -1.76. The molecule has 0 radical (unpaired) electrons. The summed E-state index contributed by atoms with van der Waals surface area (Å²) in [6.45, 7) is -1.51. The van der Waals surface area contributed by atoms with Gasteiger partial charge in [0.25, 0.3) is 0 Å². The second-order valence-electron chi connectivity index (χ2n) is 4.75. The fourth-order valence-corrected chi connectivity index (χ4v) is 2.19. The number of carbonyl (C=O) groups excluding carboxylic acids is 1. The van der Waals surface area contributed by atoms with Gasteiger partial charge < -0.3 is 9.32 Å². The van der Waals surface area contributed by atoms with Crippen LogP contribution in [-0.2, 0) is 17.8 Å². The smallest absolute Gasteiger partial charge is 0.406 e. The topological polar surface area (TPSA) is 33.5 Å². The molecular weight excluding hydrogens is 363 g/mol. The van der Waals surface area contributed by atoms with Crippen molar-refractivity contribution in [1.29, 1.82) is 0 Å². The van der Waals surface area contributed by atoms with E-state index >= 15 is 0 Å². The average Bonchev–Trinajstić information content (AvgIpc) is 2.92. The molecule has 0 saturated heterocycles. The van der Waals surface area contributed by atoms with Crippen LogP contribution in [0.5, 0.6) is 0 Å². The highest BCUT2D eigenvalue weighted by atomic mass is 79.9. The summed E-state index contributed by atoms with van der Waals surface area (Å²) < 4.78 is 43.8. The molecule has 0 aliphatic carbocycles. The summed E-state index contributed by atoms with van der Waals surface area (Å²) in [4.78, 5) is 12.9. The van der Waals surface area contributed by atoms with E-state index in [1.54, 1.807) is 30.3 Å². The van der Waals surface area contributed by atoms with Gasteiger partial charge in [-0.15, -0.1) is 0 Å². The molecule has 0 N–H and O–H groups in total. The van der Waals surface area contributed by atoms with Gasteiger partial charge in [0, 0.05) is 4.47 Å². The van der Waals surface area contributed by atoms with Gasteiger partial charge in [-0.3, -0.25) is 4.79 Å². The minimum absolute atomic E-state index is 0.0932. The zero-order valence-electron chi connectivity index (χ0n) is 11.4. The third-order valence-corrected chi connectivity index (χ3v) is 3.45. The molecular formula is C15H13BrF3NO2. The van der Waals surface area contributed by atoms with Crippen molar-refractivity contribution in [3.8, 4) is 0 Å². The summed E-state index contributed by atoms with van der Waals surface area (Å²) in [5.41, 5.74) is 0.653. The first-order chi connectivity index (χ1) is 10.3. The van der Waals surface area contributed by atoms with Crippen LogP contribution in [0.25, 0.3) is 0 Å². The van der Waals surface area contributed by atoms with E-state index in [1.165, 1.54) is 12.3 Å². The summed E-state index contributed by atoms with van der Waals surface area (Å²) in [7, 11) is 0. The number of halogens is 4. The molecule has 0 saturated carbocycles. The van der Waals surface area contributed by atoms with Gasteiger partial charge in [-0.1, -0.05) is 28.1 Å². The molecule has 22 heavy (non-hydrogen) atoms. The number of amides is 1. The zero-order valence-corrected chi connectivity index (χ0v) is 13.0. The summed E-state index contributed by atoms with van der Waals surface area (Å²) in [6.07, 6.45) is -3.19. The van der Waals surface area contributed by atoms with Crippen molar-refractivity contribution in [1.82, 2.24) is 4.90 Å². The molecule has 0 unspecified atom stereocenters. The largest absolute Gasteiger partial charge is 0.467 e. The van der Waals surface area contributed by atoms with Crippen LogP contribution in [0.2, 0.25) is 0 Å². The lowest BCUT2D eigenvalue weighted by Gasteiger charge is -2.23. The zero-order chi connectivity index (χ0) is 16.2. The molecule has 0 aliphatic heterocycles. The Kier molecular flexibility index (Phi) is 5.28. The van der Waals surface area contributed by atoms with Gasteiger partial charge in [-0.2, -0.15) is 13.2 Å². The van der Waals surface area contributed by atoms with Gasteiger partial charge in [-0.05, 0) is 29.8 Å². The average molecular weight is 376 g/mol. The monoisotopic (exact) mass is 375 g/mol. The van der Waals surface area contributed by atoms with Crippen LogP contribution < -0.4 is 0 Å².